The van der Waals surface area contributed by atoms with Crippen LogP contribution in [0, 0.1) is 5.92 Å². The van der Waals surface area contributed by atoms with Crippen LogP contribution in [0.4, 0.5) is 0 Å². The topological polar surface area (TPSA) is 53.7 Å². The molecule has 3 rings (SSSR count). The average molecular weight is 273 g/mol. The highest BCUT2D eigenvalue weighted by atomic mass is 16.3. The molecule has 1 unspecified atom stereocenters. The van der Waals surface area contributed by atoms with Crippen LogP contribution in [0.3, 0.4) is 0 Å². The lowest BCUT2D eigenvalue weighted by Gasteiger charge is -2.13. The summed E-state index contributed by atoms with van der Waals surface area (Å²) in [5.41, 5.74) is 0.760. The molecule has 1 atom stereocenters. The summed E-state index contributed by atoms with van der Waals surface area (Å²) in [5, 5.41) is 9.92. The number of nitrogens with zero attached hydrogens (tertiary/aromatic N) is 1. The Bertz CT molecular complexity index is 572. The van der Waals surface area contributed by atoms with Gasteiger partial charge < -0.3 is 9.52 Å². The number of hydrogen-bond donors (Lipinski definition) is 1. The molecule has 0 radical (unpaired) electrons. The number of carbonyl (C=O) groups excluding carboxylic acids is 1. The molecule has 20 heavy (non-hydrogen) atoms. The Hall–Kier alpha value is -1.65. The SMILES string of the molecule is O=C(CN1CCC(CCO)C1)c1cc2ccccc2o1. The summed E-state index contributed by atoms with van der Waals surface area (Å²) in [6, 6.07) is 9.48. The van der Waals surface area contributed by atoms with E-state index in [9.17, 15) is 4.79 Å². The second-order valence-electron chi connectivity index (χ2n) is 5.47. The molecule has 106 valence electrons. The van der Waals surface area contributed by atoms with Gasteiger partial charge in [-0.3, -0.25) is 9.69 Å². The van der Waals surface area contributed by atoms with Crippen LogP contribution in [0.25, 0.3) is 11.0 Å². The number of carbonyl (C=O) groups is 1. The Morgan fingerprint density at radius 2 is 2.25 bits per heavy atom. The van der Waals surface area contributed by atoms with Gasteiger partial charge in [0.25, 0.3) is 0 Å². The third kappa shape index (κ3) is 2.76. The molecule has 0 spiro atoms. The smallest absolute Gasteiger partial charge is 0.211 e. The molecule has 0 aliphatic carbocycles. The second-order valence-corrected chi connectivity index (χ2v) is 5.47. The molecule has 1 aliphatic rings. The van der Waals surface area contributed by atoms with E-state index >= 15 is 0 Å². The molecular weight excluding hydrogens is 254 g/mol. The molecule has 1 aliphatic heterocycles. The highest BCUT2D eigenvalue weighted by molar-refractivity contribution is 5.98. The molecule has 0 amide bonds. The summed E-state index contributed by atoms with van der Waals surface area (Å²) < 4.78 is 5.60. The Balaban J connectivity index is 1.64. The number of aliphatic hydroxyl groups excluding tert-OH is 1. The molecule has 0 saturated carbocycles. The van der Waals surface area contributed by atoms with E-state index in [1.807, 2.05) is 30.3 Å². The molecule has 1 N–H and O–H groups in total. The van der Waals surface area contributed by atoms with Gasteiger partial charge in [0.05, 0.1) is 6.54 Å². The van der Waals surface area contributed by atoms with E-state index in [0.29, 0.717) is 18.2 Å². The van der Waals surface area contributed by atoms with Crippen molar-refractivity contribution in [2.24, 2.45) is 5.92 Å². The standard InChI is InChI=1S/C16H19NO3/c18-8-6-12-5-7-17(10-12)11-14(19)16-9-13-3-1-2-4-15(13)20-16/h1-4,9,12,18H,5-8,10-11H2. The number of aliphatic hydroxyl groups is 1. The third-order valence-electron chi connectivity index (χ3n) is 3.97. The number of benzene rings is 1. The molecule has 4 nitrogen and oxygen atoms in total. The number of furan rings is 1. The van der Waals surface area contributed by atoms with Gasteiger partial charge in [0.1, 0.15) is 5.58 Å². The van der Waals surface area contributed by atoms with Gasteiger partial charge in [0, 0.05) is 18.5 Å². The van der Waals surface area contributed by atoms with Crippen molar-refractivity contribution in [3.63, 3.8) is 0 Å². The first kappa shape index (κ1) is 13.3. The van der Waals surface area contributed by atoms with Crippen molar-refractivity contribution in [2.45, 2.75) is 12.8 Å². The lowest BCUT2D eigenvalue weighted by atomic mass is 10.1. The number of ketones is 1. The van der Waals surface area contributed by atoms with Crippen LogP contribution in [0.15, 0.2) is 34.7 Å². The van der Waals surface area contributed by atoms with Crippen molar-refractivity contribution in [3.8, 4) is 0 Å². The zero-order valence-corrected chi connectivity index (χ0v) is 11.4. The first-order valence-corrected chi connectivity index (χ1v) is 7.11. The van der Waals surface area contributed by atoms with Crippen LogP contribution in [-0.4, -0.2) is 42.0 Å². The number of Topliss-reactive ketones (excluding diaryl/α,β-unsaturated/α-hetero) is 1. The predicted molar refractivity (Wildman–Crippen MR) is 76.8 cm³/mol. The van der Waals surface area contributed by atoms with Crippen molar-refractivity contribution < 1.29 is 14.3 Å². The van der Waals surface area contributed by atoms with Gasteiger partial charge in [-0.15, -0.1) is 0 Å². The Morgan fingerprint density at radius 1 is 1.40 bits per heavy atom. The summed E-state index contributed by atoms with van der Waals surface area (Å²) in [4.78, 5) is 14.4. The summed E-state index contributed by atoms with van der Waals surface area (Å²) >= 11 is 0. The number of fused-ring (bicyclic) bond motifs is 1. The van der Waals surface area contributed by atoms with E-state index in [4.69, 9.17) is 9.52 Å². The lowest BCUT2D eigenvalue weighted by molar-refractivity contribution is 0.0917. The molecule has 0 bridgehead atoms. The van der Waals surface area contributed by atoms with E-state index in [0.717, 1.165) is 36.9 Å². The fourth-order valence-electron chi connectivity index (χ4n) is 2.87. The van der Waals surface area contributed by atoms with Gasteiger partial charge in [-0.05, 0) is 37.4 Å². The zero-order valence-electron chi connectivity index (χ0n) is 11.4. The molecule has 1 aromatic carbocycles. The van der Waals surface area contributed by atoms with Crippen LogP contribution in [-0.2, 0) is 0 Å². The van der Waals surface area contributed by atoms with Gasteiger partial charge in [0.15, 0.2) is 5.76 Å². The summed E-state index contributed by atoms with van der Waals surface area (Å²) in [6.45, 7) is 2.46. The summed E-state index contributed by atoms with van der Waals surface area (Å²) in [5.74, 6) is 0.992. The highest BCUT2D eigenvalue weighted by Gasteiger charge is 2.24. The fraction of sp³-hybridized carbons (Fsp3) is 0.438. The van der Waals surface area contributed by atoms with E-state index in [-0.39, 0.29) is 12.4 Å². The molecular formula is C16H19NO3. The van der Waals surface area contributed by atoms with Crippen molar-refractivity contribution in [1.82, 2.24) is 4.90 Å². The normalized spacial score (nSPS) is 19.8. The van der Waals surface area contributed by atoms with Crippen LogP contribution >= 0.6 is 0 Å². The van der Waals surface area contributed by atoms with Gasteiger partial charge in [-0.1, -0.05) is 18.2 Å². The fourth-order valence-corrected chi connectivity index (χ4v) is 2.87. The maximum absolute atomic E-state index is 12.3. The van der Waals surface area contributed by atoms with Crippen molar-refractivity contribution in [3.05, 3.63) is 36.1 Å². The van der Waals surface area contributed by atoms with Crippen LogP contribution in [0.1, 0.15) is 23.4 Å². The summed E-state index contributed by atoms with van der Waals surface area (Å²) in [7, 11) is 0. The largest absolute Gasteiger partial charge is 0.453 e. The van der Waals surface area contributed by atoms with E-state index in [1.54, 1.807) is 0 Å². The maximum atomic E-state index is 12.3. The lowest BCUT2D eigenvalue weighted by Crippen LogP contribution is -2.27. The molecule has 1 aromatic heterocycles. The van der Waals surface area contributed by atoms with E-state index in [1.165, 1.54) is 0 Å². The maximum Gasteiger partial charge on any atom is 0.211 e. The minimum absolute atomic E-state index is 0.0332. The first-order chi connectivity index (χ1) is 9.76. The molecule has 2 heterocycles. The molecule has 1 fully saturated rings. The Kier molecular flexibility index (Phi) is 3.85. The zero-order chi connectivity index (χ0) is 13.9. The molecule has 4 heteroatoms. The molecule has 1 saturated heterocycles. The van der Waals surface area contributed by atoms with Crippen LogP contribution in [0.2, 0.25) is 0 Å². The van der Waals surface area contributed by atoms with Gasteiger partial charge in [0.2, 0.25) is 5.78 Å². The van der Waals surface area contributed by atoms with Gasteiger partial charge in [-0.25, -0.2) is 0 Å². The van der Waals surface area contributed by atoms with Gasteiger partial charge in [-0.2, -0.15) is 0 Å². The minimum atomic E-state index is 0.0332. The second kappa shape index (κ2) is 5.77. The van der Waals surface area contributed by atoms with Gasteiger partial charge >= 0.3 is 0 Å². The Morgan fingerprint density at radius 3 is 3.05 bits per heavy atom. The molecule has 2 aromatic rings. The van der Waals surface area contributed by atoms with E-state index < -0.39 is 0 Å². The first-order valence-electron chi connectivity index (χ1n) is 7.11. The quantitative estimate of drug-likeness (QED) is 0.849. The monoisotopic (exact) mass is 273 g/mol. The highest BCUT2D eigenvalue weighted by Crippen LogP contribution is 2.22. The van der Waals surface area contributed by atoms with Crippen molar-refractivity contribution >= 4 is 16.8 Å². The van der Waals surface area contributed by atoms with E-state index in [2.05, 4.69) is 4.90 Å². The number of para-hydroxylation sites is 1. The van der Waals surface area contributed by atoms with Crippen molar-refractivity contribution in [2.75, 3.05) is 26.2 Å². The van der Waals surface area contributed by atoms with Crippen LogP contribution in [0.5, 0.6) is 0 Å². The summed E-state index contributed by atoms with van der Waals surface area (Å²) in [6.07, 6.45) is 1.89. The van der Waals surface area contributed by atoms with Crippen LogP contribution < -0.4 is 0 Å². The number of rotatable bonds is 5. The predicted octanol–water partition coefficient (Wildman–Crippen LogP) is 2.32. The average Bonchev–Trinajstić information content (AvgIpc) is 3.05. The number of likely N-dealkylation sites (tertiary alicyclic amines) is 1. The minimum Gasteiger partial charge on any atom is -0.453 e. The van der Waals surface area contributed by atoms with Crippen molar-refractivity contribution in [1.29, 1.82) is 0 Å². The third-order valence-corrected chi connectivity index (χ3v) is 3.97. The number of hydrogen-bond acceptors (Lipinski definition) is 4. The Labute approximate surface area is 118 Å².